The van der Waals surface area contributed by atoms with E-state index in [4.69, 9.17) is 0 Å². The zero-order chi connectivity index (χ0) is 10.3. The van der Waals surface area contributed by atoms with Crippen LogP contribution in [0, 0.1) is 11.8 Å². The number of hydrogen-bond acceptors (Lipinski definition) is 0. The van der Waals surface area contributed by atoms with Crippen molar-refractivity contribution in [2.75, 3.05) is 0 Å². The molecule has 0 heterocycles. The topological polar surface area (TPSA) is 0 Å². The Kier molecular flexibility index (Phi) is 7.03. The van der Waals surface area contributed by atoms with Gasteiger partial charge in [-0.05, 0) is 38.0 Å². The molecule has 0 nitrogen and oxygen atoms in total. The maximum absolute atomic E-state index is 2.43. The first-order chi connectivity index (χ1) is 6.07. The average Bonchev–Trinajstić information content (AvgIpc) is 2.10. The van der Waals surface area contributed by atoms with E-state index in [-0.39, 0.29) is 0 Å². The van der Waals surface area contributed by atoms with Crippen LogP contribution in [0.1, 0.15) is 60.3 Å². The summed E-state index contributed by atoms with van der Waals surface area (Å²) >= 11 is 0. The Balaban J connectivity index is 3.59. The second-order valence-electron chi connectivity index (χ2n) is 4.58. The molecule has 0 saturated carbocycles. The molecule has 0 aromatic carbocycles. The van der Waals surface area contributed by atoms with Crippen molar-refractivity contribution in [3.63, 3.8) is 0 Å². The van der Waals surface area contributed by atoms with Crippen molar-refractivity contribution in [1.29, 1.82) is 0 Å². The highest BCUT2D eigenvalue weighted by molar-refractivity contribution is 5.01. The third kappa shape index (κ3) is 6.86. The Morgan fingerprint density at radius 2 is 1.85 bits per heavy atom. The second kappa shape index (κ2) is 7.17. The molecule has 0 spiro atoms. The molecule has 0 saturated heterocycles. The van der Waals surface area contributed by atoms with Crippen molar-refractivity contribution in [2.24, 2.45) is 11.8 Å². The van der Waals surface area contributed by atoms with Gasteiger partial charge in [0.25, 0.3) is 0 Å². The van der Waals surface area contributed by atoms with E-state index in [1.807, 2.05) is 0 Å². The van der Waals surface area contributed by atoms with Gasteiger partial charge in [0.2, 0.25) is 0 Å². The van der Waals surface area contributed by atoms with E-state index in [0.717, 1.165) is 11.8 Å². The molecule has 0 aliphatic heterocycles. The van der Waals surface area contributed by atoms with Crippen LogP contribution in [0.4, 0.5) is 0 Å². The molecule has 1 atom stereocenters. The highest BCUT2D eigenvalue weighted by Gasteiger charge is 1.99. The first-order valence-electron chi connectivity index (χ1n) is 5.74. The van der Waals surface area contributed by atoms with E-state index in [1.54, 1.807) is 5.57 Å². The van der Waals surface area contributed by atoms with Gasteiger partial charge < -0.3 is 0 Å². The molecule has 0 fully saturated rings. The van der Waals surface area contributed by atoms with Crippen LogP contribution in [0.15, 0.2) is 11.6 Å². The fraction of sp³-hybridized carbons (Fsp3) is 0.846. The second-order valence-corrected chi connectivity index (χ2v) is 4.58. The molecule has 78 valence electrons. The Morgan fingerprint density at radius 1 is 1.23 bits per heavy atom. The standard InChI is InChI=1S/C13H26/c1-6-12(4)13(5)10-8-7-9-11(2)3/h10-12H,6-9H2,1-5H3. The maximum atomic E-state index is 2.43. The molecular formula is C13H26. The summed E-state index contributed by atoms with van der Waals surface area (Å²) in [5.41, 5.74) is 1.58. The minimum Gasteiger partial charge on any atom is -0.0853 e. The zero-order valence-corrected chi connectivity index (χ0v) is 10.1. The lowest BCUT2D eigenvalue weighted by Crippen LogP contribution is -1.93. The Labute approximate surface area is 84.4 Å². The Bertz CT molecular complexity index is 142. The van der Waals surface area contributed by atoms with Gasteiger partial charge in [-0.15, -0.1) is 0 Å². The molecule has 0 aromatic rings. The summed E-state index contributed by atoms with van der Waals surface area (Å²) in [5.74, 6) is 1.64. The SMILES string of the molecule is CCC(C)C(C)=CCCCC(C)C. The van der Waals surface area contributed by atoms with Gasteiger partial charge in [0.1, 0.15) is 0 Å². The Hall–Kier alpha value is -0.260. The predicted molar refractivity (Wildman–Crippen MR) is 61.9 cm³/mol. The summed E-state index contributed by atoms with van der Waals surface area (Å²) in [6.07, 6.45) is 7.69. The molecule has 0 amide bonds. The number of unbranched alkanes of at least 4 members (excludes halogenated alkanes) is 1. The van der Waals surface area contributed by atoms with E-state index in [1.165, 1.54) is 25.7 Å². The van der Waals surface area contributed by atoms with Crippen LogP contribution in [0.2, 0.25) is 0 Å². The van der Waals surface area contributed by atoms with E-state index < -0.39 is 0 Å². The molecule has 0 rings (SSSR count). The summed E-state index contributed by atoms with van der Waals surface area (Å²) in [7, 11) is 0. The van der Waals surface area contributed by atoms with Crippen molar-refractivity contribution in [2.45, 2.75) is 60.3 Å². The molecular weight excluding hydrogens is 156 g/mol. The Morgan fingerprint density at radius 3 is 2.31 bits per heavy atom. The summed E-state index contributed by atoms with van der Waals surface area (Å²) < 4.78 is 0. The smallest absolute Gasteiger partial charge is 0.0237 e. The number of hydrogen-bond donors (Lipinski definition) is 0. The minimum atomic E-state index is 0.777. The van der Waals surface area contributed by atoms with E-state index in [0.29, 0.717) is 0 Å². The molecule has 0 aromatic heterocycles. The van der Waals surface area contributed by atoms with Gasteiger partial charge in [-0.2, -0.15) is 0 Å². The molecule has 0 radical (unpaired) electrons. The number of allylic oxidation sites excluding steroid dienone is 2. The van der Waals surface area contributed by atoms with Crippen molar-refractivity contribution in [3.05, 3.63) is 11.6 Å². The van der Waals surface area contributed by atoms with Gasteiger partial charge in [-0.25, -0.2) is 0 Å². The molecule has 0 aliphatic carbocycles. The first kappa shape index (κ1) is 12.7. The largest absolute Gasteiger partial charge is 0.0853 e. The fourth-order valence-electron chi connectivity index (χ4n) is 1.38. The lowest BCUT2D eigenvalue weighted by Gasteiger charge is -2.09. The van der Waals surface area contributed by atoms with Gasteiger partial charge in [-0.1, -0.05) is 45.8 Å². The summed E-state index contributed by atoms with van der Waals surface area (Å²) in [5, 5.41) is 0. The van der Waals surface area contributed by atoms with Crippen LogP contribution in [0.3, 0.4) is 0 Å². The normalized spacial score (nSPS) is 15.1. The monoisotopic (exact) mass is 182 g/mol. The first-order valence-corrected chi connectivity index (χ1v) is 5.74. The summed E-state index contributed by atoms with van der Waals surface area (Å²) in [4.78, 5) is 0. The van der Waals surface area contributed by atoms with Crippen molar-refractivity contribution in [3.8, 4) is 0 Å². The highest BCUT2D eigenvalue weighted by Crippen LogP contribution is 2.15. The molecule has 0 N–H and O–H groups in total. The fourth-order valence-corrected chi connectivity index (χ4v) is 1.38. The van der Waals surface area contributed by atoms with Gasteiger partial charge >= 0.3 is 0 Å². The van der Waals surface area contributed by atoms with Crippen LogP contribution in [-0.4, -0.2) is 0 Å². The van der Waals surface area contributed by atoms with E-state index >= 15 is 0 Å². The highest BCUT2D eigenvalue weighted by atomic mass is 14.1. The third-order valence-corrected chi connectivity index (χ3v) is 2.84. The van der Waals surface area contributed by atoms with Gasteiger partial charge in [0, 0.05) is 0 Å². The lowest BCUT2D eigenvalue weighted by atomic mass is 9.98. The predicted octanol–water partition coefficient (Wildman–Crippen LogP) is 4.81. The third-order valence-electron chi connectivity index (χ3n) is 2.84. The van der Waals surface area contributed by atoms with Crippen molar-refractivity contribution < 1.29 is 0 Å². The average molecular weight is 182 g/mol. The quantitative estimate of drug-likeness (QED) is 0.408. The molecule has 0 heteroatoms. The molecule has 13 heavy (non-hydrogen) atoms. The van der Waals surface area contributed by atoms with Crippen molar-refractivity contribution in [1.82, 2.24) is 0 Å². The van der Waals surface area contributed by atoms with Crippen LogP contribution in [-0.2, 0) is 0 Å². The van der Waals surface area contributed by atoms with Gasteiger partial charge in [-0.3, -0.25) is 0 Å². The zero-order valence-electron chi connectivity index (χ0n) is 10.1. The number of rotatable bonds is 6. The van der Waals surface area contributed by atoms with Crippen LogP contribution < -0.4 is 0 Å². The van der Waals surface area contributed by atoms with Crippen LogP contribution in [0.25, 0.3) is 0 Å². The summed E-state index contributed by atoms with van der Waals surface area (Å²) in [6.45, 7) is 11.4. The molecule has 0 aliphatic rings. The summed E-state index contributed by atoms with van der Waals surface area (Å²) in [6, 6.07) is 0. The maximum Gasteiger partial charge on any atom is -0.0237 e. The lowest BCUT2D eigenvalue weighted by molar-refractivity contribution is 0.557. The van der Waals surface area contributed by atoms with Crippen LogP contribution in [0.5, 0.6) is 0 Å². The minimum absolute atomic E-state index is 0.777. The van der Waals surface area contributed by atoms with E-state index in [9.17, 15) is 0 Å². The van der Waals surface area contributed by atoms with Gasteiger partial charge in [0.15, 0.2) is 0 Å². The van der Waals surface area contributed by atoms with Crippen LogP contribution >= 0.6 is 0 Å². The van der Waals surface area contributed by atoms with Crippen molar-refractivity contribution >= 4 is 0 Å². The van der Waals surface area contributed by atoms with E-state index in [2.05, 4.69) is 40.7 Å². The molecule has 1 unspecified atom stereocenters. The van der Waals surface area contributed by atoms with Gasteiger partial charge in [0.05, 0.1) is 0 Å². The molecule has 0 bridgehead atoms.